The van der Waals surface area contributed by atoms with E-state index in [1.54, 1.807) is 14.1 Å². The van der Waals surface area contributed by atoms with Crippen LogP contribution >= 0.6 is 0 Å². The SMILES string of the molecule is [CH2]CCOC(=O)N(C)C. The van der Waals surface area contributed by atoms with Crippen LogP contribution in [0.15, 0.2) is 0 Å². The van der Waals surface area contributed by atoms with Crippen molar-refractivity contribution >= 4 is 6.09 Å². The molecular weight excluding hydrogens is 118 g/mol. The number of carbonyl (C=O) groups is 1. The lowest BCUT2D eigenvalue weighted by molar-refractivity contribution is 0.120. The van der Waals surface area contributed by atoms with E-state index in [1.165, 1.54) is 4.90 Å². The minimum atomic E-state index is -0.307. The fourth-order valence-electron chi connectivity index (χ4n) is 0.289. The van der Waals surface area contributed by atoms with Crippen LogP contribution in [0.1, 0.15) is 6.42 Å². The van der Waals surface area contributed by atoms with Gasteiger partial charge in [-0.2, -0.15) is 0 Å². The fourth-order valence-corrected chi connectivity index (χ4v) is 0.289. The van der Waals surface area contributed by atoms with E-state index in [0.717, 1.165) is 0 Å². The fraction of sp³-hybridized carbons (Fsp3) is 0.667. The van der Waals surface area contributed by atoms with Crippen molar-refractivity contribution in [2.75, 3.05) is 20.7 Å². The van der Waals surface area contributed by atoms with Gasteiger partial charge in [0.15, 0.2) is 0 Å². The molecule has 0 aromatic carbocycles. The van der Waals surface area contributed by atoms with Gasteiger partial charge in [-0.05, 0) is 13.3 Å². The summed E-state index contributed by atoms with van der Waals surface area (Å²) in [5.41, 5.74) is 0. The molecule has 0 N–H and O–H groups in total. The Bertz CT molecular complexity index is 91.1. The second-order valence-corrected chi connectivity index (χ2v) is 1.86. The molecule has 0 aliphatic rings. The van der Waals surface area contributed by atoms with Crippen LogP contribution in [0.5, 0.6) is 0 Å². The van der Waals surface area contributed by atoms with Crippen LogP contribution < -0.4 is 0 Å². The van der Waals surface area contributed by atoms with E-state index in [9.17, 15) is 4.79 Å². The van der Waals surface area contributed by atoms with Crippen LogP contribution in [0.25, 0.3) is 0 Å². The van der Waals surface area contributed by atoms with Crippen molar-refractivity contribution in [1.82, 2.24) is 4.90 Å². The molecule has 0 aliphatic heterocycles. The van der Waals surface area contributed by atoms with Gasteiger partial charge in [0.25, 0.3) is 0 Å². The Balaban J connectivity index is 3.28. The largest absolute Gasteiger partial charge is 0.449 e. The van der Waals surface area contributed by atoms with E-state index >= 15 is 0 Å². The smallest absolute Gasteiger partial charge is 0.409 e. The first kappa shape index (κ1) is 8.27. The van der Waals surface area contributed by atoms with E-state index in [0.29, 0.717) is 13.0 Å². The molecule has 1 amide bonds. The van der Waals surface area contributed by atoms with Gasteiger partial charge in [0.1, 0.15) is 0 Å². The lowest BCUT2D eigenvalue weighted by Gasteiger charge is -2.09. The molecule has 1 radical (unpaired) electrons. The van der Waals surface area contributed by atoms with Crippen LogP contribution in [-0.4, -0.2) is 31.7 Å². The van der Waals surface area contributed by atoms with Crippen molar-refractivity contribution < 1.29 is 9.53 Å². The molecule has 0 bridgehead atoms. The summed E-state index contributed by atoms with van der Waals surface area (Å²) in [5.74, 6) is 0. The van der Waals surface area contributed by atoms with Gasteiger partial charge >= 0.3 is 6.09 Å². The second kappa shape index (κ2) is 4.18. The average molecular weight is 130 g/mol. The molecule has 0 unspecified atom stereocenters. The van der Waals surface area contributed by atoms with Crippen LogP contribution in [0.4, 0.5) is 4.79 Å². The number of rotatable bonds is 2. The highest BCUT2D eigenvalue weighted by molar-refractivity contribution is 5.66. The first-order chi connectivity index (χ1) is 4.18. The van der Waals surface area contributed by atoms with Gasteiger partial charge in [-0.3, -0.25) is 0 Å². The highest BCUT2D eigenvalue weighted by Crippen LogP contribution is 1.86. The normalized spacial score (nSPS) is 8.78. The molecule has 0 saturated carbocycles. The maximum Gasteiger partial charge on any atom is 0.409 e. The highest BCUT2D eigenvalue weighted by Gasteiger charge is 2.01. The molecule has 0 aromatic rings. The summed E-state index contributed by atoms with van der Waals surface area (Å²) in [4.78, 5) is 12.0. The molecule has 53 valence electrons. The van der Waals surface area contributed by atoms with Crippen molar-refractivity contribution in [1.29, 1.82) is 0 Å². The van der Waals surface area contributed by atoms with Crippen LogP contribution in [0.2, 0.25) is 0 Å². The first-order valence-electron chi connectivity index (χ1n) is 2.81. The van der Waals surface area contributed by atoms with Gasteiger partial charge in [-0.1, -0.05) is 0 Å². The Kier molecular flexibility index (Phi) is 3.84. The van der Waals surface area contributed by atoms with E-state index in [4.69, 9.17) is 0 Å². The summed E-state index contributed by atoms with van der Waals surface area (Å²) >= 11 is 0. The van der Waals surface area contributed by atoms with Crippen molar-refractivity contribution in [3.05, 3.63) is 6.92 Å². The zero-order valence-electron chi connectivity index (χ0n) is 5.89. The highest BCUT2D eigenvalue weighted by atomic mass is 16.6. The zero-order chi connectivity index (χ0) is 7.28. The predicted octanol–water partition coefficient (Wildman–Crippen LogP) is 0.909. The van der Waals surface area contributed by atoms with Gasteiger partial charge in [0.2, 0.25) is 0 Å². The molecule has 9 heavy (non-hydrogen) atoms. The van der Waals surface area contributed by atoms with Gasteiger partial charge in [0.05, 0.1) is 6.61 Å². The van der Waals surface area contributed by atoms with Crippen molar-refractivity contribution in [3.8, 4) is 0 Å². The topological polar surface area (TPSA) is 29.5 Å². The van der Waals surface area contributed by atoms with Gasteiger partial charge in [0, 0.05) is 14.1 Å². The Morgan fingerprint density at radius 2 is 2.22 bits per heavy atom. The monoisotopic (exact) mass is 130 g/mol. The Morgan fingerprint density at radius 1 is 1.67 bits per heavy atom. The molecule has 0 atom stereocenters. The van der Waals surface area contributed by atoms with Gasteiger partial charge in [-0.25, -0.2) is 4.79 Å². The third-order valence-electron chi connectivity index (χ3n) is 0.735. The minimum Gasteiger partial charge on any atom is -0.449 e. The third-order valence-corrected chi connectivity index (χ3v) is 0.735. The van der Waals surface area contributed by atoms with Crippen molar-refractivity contribution in [3.63, 3.8) is 0 Å². The van der Waals surface area contributed by atoms with E-state index < -0.39 is 0 Å². The number of ether oxygens (including phenoxy) is 1. The summed E-state index contributed by atoms with van der Waals surface area (Å²) in [6.45, 7) is 3.92. The molecule has 0 heterocycles. The van der Waals surface area contributed by atoms with Gasteiger partial charge < -0.3 is 9.64 Å². The van der Waals surface area contributed by atoms with Crippen molar-refractivity contribution in [2.24, 2.45) is 0 Å². The second-order valence-electron chi connectivity index (χ2n) is 1.86. The summed E-state index contributed by atoms with van der Waals surface area (Å²) in [5, 5.41) is 0. The Morgan fingerprint density at radius 3 is 2.56 bits per heavy atom. The number of hydrogen-bond donors (Lipinski definition) is 0. The van der Waals surface area contributed by atoms with Gasteiger partial charge in [-0.15, -0.1) is 0 Å². The van der Waals surface area contributed by atoms with Crippen molar-refractivity contribution in [2.45, 2.75) is 6.42 Å². The Labute approximate surface area is 55.6 Å². The Hall–Kier alpha value is -0.730. The summed E-state index contributed by atoms with van der Waals surface area (Å²) in [7, 11) is 3.29. The molecule has 3 nitrogen and oxygen atoms in total. The maximum absolute atomic E-state index is 10.6. The third kappa shape index (κ3) is 3.82. The molecule has 0 aromatic heterocycles. The minimum absolute atomic E-state index is 0.307. The molecule has 0 spiro atoms. The number of amides is 1. The van der Waals surface area contributed by atoms with E-state index in [1.807, 2.05) is 0 Å². The molecular formula is C6H12NO2. The molecule has 0 fully saturated rings. The lowest BCUT2D eigenvalue weighted by atomic mass is 10.5. The average Bonchev–Trinajstić information content (AvgIpc) is 1.82. The molecule has 0 saturated heterocycles. The summed E-state index contributed by atoms with van der Waals surface area (Å²) in [6.07, 6.45) is 0.318. The lowest BCUT2D eigenvalue weighted by Crippen LogP contribution is -2.22. The van der Waals surface area contributed by atoms with Crippen LogP contribution in [-0.2, 0) is 4.74 Å². The maximum atomic E-state index is 10.6. The number of nitrogens with zero attached hydrogens (tertiary/aromatic N) is 1. The molecule has 0 rings (SSSR count). The first-order valence-corrected chi connectivity index (χ1v) is 2.81. The number of hydrogen-bond acceptors (Lipinski definition) is 2. The summed E-state index contributed by atoms with van der Waals surface area (Å²) in [6, 6.07) is 0. The van der Waals surface area contributed by atoms with Crippen LogP contribution in [0.3, 0.4) is 0 Å². The standard InChI is InChI=1S/C6H12NO2/c1-4-5-9-6(8)7(2)3/h1,4-5H2,2-3H3. The van der Waals surface area contributed by atoms with Crippen LogP contribution in [0, 0.1) is 6.92 Å². The zero-order valence-corrected chi connectivity index (χ0v) is 5.89. The van der Waals surface area contributed by atoms with E-state index in [2.05, 4.69) is 11.7 Å². The summed E-state index contributed by atoms with van der Waals surface area (Å²) < 4.78 is 4.68. The predicted molar refractivity (Wildman–Crippen MR) is 35.0 cm³/mol. The quantitative estimate of drug-likeness (QED) is 0.556. The molecule has 3 heteroatoms. The number of carbonyl (C=O) groups excluding carboxylic acids is 1. The molecule has 0 aliphatic carbocycles. The van der Waals surface area contributed by atoms with E-state index in [-0.39, 0.29) is 6.09 Å².